The highest BCUT2D eigenvalue weighted by molar-refractivity contribution is 5.80. The molecule has 7 nitrogen and oxygen atoms in total. The monoisotopic (exact) mass is 370 g/mol. The minimum absolute atomic E-state index is 0.0356. The van der Waals surface area contributed by atoms with E-state index in [2.05, 4.69) is 39.6 Å². The first-order valence-corrected chi connectivity index (χ1v) is 9.88. The lowest BCUT2D eigenvalue weighted by Crippen LogP contribution is -2.40. The van der Waals surface area contributed by atoms with Crippen LogP contribution in [0.2, 0.25) is 0 Å². The van der Waals surface area contributed by atoms with Crippen molar-refractivity contribution in [2.45, 2.75) is 39.2 Å². The van der Waals surface area contributed by atoms with Crippen LogP contribution in [-0.4, -0.2) is 57.2 Å². The molecular weight excluding hydrogens is 340 g/mol. The second kappa shape index (κ2) is 9.60. The first-order chi connectivity index (χ1) is 13.1. The fourth-order valence-corrected chi connectivity index (χ4v) is 4.06. The van der Waals surface area contributed by atoms with E-state index in [1.807, 2.05) is 30.3 Å². The van der Waals surface area contributed by atoms with Crippen molar-refractivity contribution >= 4 is 5.91 Å². The van der Waals surface area contributed by atoms with Gasteiger partial charge in [0.1, 0.15) is 12.4 Å². The molecule has 3 atom stereocenters. The van der Waals surface area contributed by atoms with Gasteiger partial charge in [-0.05, 0) is 47.2 Å². The number of likely N-dealkylation sites (tertiary alicyclic amines) is 1. The highest BCUT2D eigenvalue weighted by Crippen LogP contribution is 2.20. The van der Waals surface area contributed by atoms with Gasteiger partial charge in [0.2, 0.25) is 5.91 Å². The zero-order valence-electron chi connectivity index (χ0n) is 16.3. The largest absolute Gasteiger partial charge is 0.354 e. The lowest BCUT2D eigenvalue weighted by Gasteiger charge is -2.35. The van der Waals surface area contributed by atoms with Gasteiger partial charge in [-0.25, -0.2) is 4.68 Å². The van der Waals surface area contributed by atoms with Gasteiger partial charge in [-0.1, -0.05) is 44.2 Å². The summed E-state index contributed by atoms with van der Waals surface area (Å²) in [5.41, 5.74) is 1.09. The van der Waals surface area contributed by atoms with Crippen LogP contribution >= 0.6 is 0 Å². The van der Waals surface area contributed by atoms with Crippen LogP contribution in [0.3, 0.4) is 0 Å². The third-order valence-electron chi connectivity index (χ3n) is 5.15. The molecule has 2 aromatic rings. The van der Waals surface area contributed by atoms with Gasteiger partial charge in [-0.15, -0.1) is 5.10 Å². The number of carbonyl (C=O) groups is 1. The summed E-state index contributed by atoms with van der Waals surface area (Å²) in [6.45, 7) is 8.68. The Morgan fingerprint density at radius 3 is 2.63 bits per heavy atom. The van der Waals surface area contributed by atoms with E-state index in [1.165, 1.54) is 30.5 Å². The molecule has 1 N–H and O–H groups in total. The molecule has 1 aromatic heterocycles. The van der Waals surface area contributed by atoms with Crippen molar-refractivity contribution in [3.63, 3.8) is 0 Å². The SMILES string of the molecule is CC1CC(C)CN(CCCNC(=O)C(Cc2ccccc2)n2cnnn2)C1. The highest BCUT2D eigenvalue weighted by atomic mass is 16.2. The van der Waals surface area contributed by atoms with E-state index in [-0.39, 0.29) is 5.91 Å². The highest BCUT2D eigenvalue weighted by Gasteiger charge is 2.23. The number of tetrazole rings is 1. The zero-order chi connectivity index (χ0) is 19.1. The summed E-state index contributed by atoms with van der Waals surface area (Å²) in [5.74, 6) is 1.49. The molecule has 1 aromatic carbocycles. The van der Waals surface area contributed by atoms with Gasteiger partial charge in [0.05, 0.1) is 0 Å². The number of carbonyl (C=O) groups excluding carboxylic acids is 1. The lowest BCUT2D eigenvalue weighted by molar-refractivity contribution is -0.124. The molecule has 2 heterocycles. The number of benzene rings is 1. The van der Waals surface area contributed by atoms with Gasteiger partial charge < -0.3 is 10.2 Å². The van der Waals surface area contributed by atoms with Crippen LogP contribution in [0, 0.1) is 11.8 Å². The summed E-state index contributed by atoms with van der Waals surface area (Å²) in [4.78, 5) is 15.3. The van der Waals surface area contributed by atoms with E-state index in [9.17, 15) is 4.79 Å². The standard InChI is InChI=1S/C20H30N6O/c1-16-11-17(2)14-25(13-16)10-6-9-21-20(27)19(26-15-22-23-24-26)12-18-7-4-3-5-8-18/h3-5,7-8,15-17,19H,6,9-14H2,1-2H3,(H,21,27). The average Bonchev–Trinajstić information content (AvgIpc) is 3.17. The summed E-state index contributed by atoms with van der Waals surface area (Å²) in [5, 5.41) is 14.4. The molecule has 7 heteroatoms. The molecule has 1 aliphatic heterocycles. The number of piperidine rings is 1. The second-order valence-corrected chi connectivity index (χ2v) is 7.85. The van der Waals surface area contributed by atoms with E-state index in [4.69, 9.17) is 0 Å². The zero-order valence-corrected chi connectivity index (χ0v) is 16.3. The molecule has 146 valence electrons. The molecular formula is C20H30N6O. The van der Waals surface area contributed by atoms with E-state index < -0.39 is 6.04 Å². The molecule has 3 rings (SSSR count). The number of amides is 1. The summed E-state index contributed by atoms with van der Waals surface area (Å²) in [6, 6.07) is 9.52. The molecule has 0 bridgehead atoms. The Balaban J connectivity index is 1.49. The Bertz CT molecular complexity index is 680. The summed E-state index contributed by atoms with van der Waals surface area (Å²) < 4.78 is 1.54. The molecule has 27 heavy (non-hydrogen) atoms. The van der Waals surface area contributed by atoms with Crippen LogP contribution in [0.15, 0.2) is 36.7 Å². The Hall–Kier alpha value is -2.28. The van der Waals surface area contributed by atoms with Crippen LogP contribution in [0.1, 0.15) is 38.3 Å². The molecule has 1 saturated heterocycles. The van der Waals surface area contributed by atoms with Crippen molar-refractivity contribution in [2.24, 2.45) is 11.8 Å². The summed E-state index contributed by atoms with van der Waals surface area (Å²) in [7, 11) is 0. The fourth-order valence-electron chi connectivity index (χ4n) is 4.06. The van der Waals surface area contributed by atoms with Crippen molar-refractivity contribution in [1.29, 1.82) is 0 Å². The Labute approximate surface area is 161 Å². The molecule has 0 saturated carbocycles. The number of hydrogen-bond donors (Lipinski definition) is 1. The van der Waals surface area contributed by atoms with Gasteiger partial charge in [-0.2, -0.15) is 0 Å². The maximum absolute atomic E-state index is 12.8. The lowest BCUT2D eigenvalue weighted by atomic mass is 9.92. The van der Waals surface area contributed by atoms with E-state index in [0.29, 0.717) is 13.0 Å². The Morgan fingerprint density at radius 2 is 1.96 bits per heavy atom. The number of nitrogens with zero attached hydrogens (tertiary/aromatic N) is 5. The maximum Gasteiger partial charge on any atom is 0.245 e. The van der Waals surface area contributed by atoms with Gasteiger partial charge in [0, 0.05) is 26.1 Å². The first kappa shape index (κ1) is 19.5. The van der Waals surface area contributed by atoms with Crippen LogP contribution in [0.5, 0.6) is 0 Å². The third kappa shape index (κ3) is 5.85. The second-order valence-electron chi connectivity index (χ2n) is 7.85. The number of nitrogens with one attached hydrogen (secondary N) is 1. The van der Waals surface area contributed by atoms with Gasteiger partial charge in [0.15, 0.2) is 0 Å². The predicted molar refractivity (Wildman–Crippen MR) is 104 cm³/mol. The molecule has 0 radical (unpaired) electrons. The Morgan fingerprint density at radius 1 is 1.22 bits per heavy atom. The quantitative estimate of drug-likeness (QED) is 0.719. The van der Waals surface area contributed by atoms with Gasteiger partial charge in [-0.3, -0.25) is 4.79 Å². The average molecular weight is 371 g/mol. The minimum Gasteiger partial charge on any atom is -0.354 e. The molecule has 0 spiro atoms. The van der Waals surface area contributed by atoms with E-state index >= 15 is 0 Å². The number of rotatable bonds is 8. The van der Waals surface area contributed by atoms with Crippen LogP contribution < -0.4 is 5.32 Å². The molecule has 1 aliphatic rings. The maximum atomic E-state index is 12.8. The van der Waals surface area contributed by atoms with Crippen LogP contribution in [-0.2, 0) is 11.2 Å². The van der Waals surface area contributed by atoms with Gasteiger partial charge >= 0.3 is 0 Å². The van der Waals surface area contributed by atoms with Crippen LogP contribution in [0.4, 0.5) is 0 Å². The molecule has 1 fully saturated rings. The van der Waals surface area contributed by atoms with Crippen molar-refractivity contribution in [1.82, 2.24) is 30.4 Å². The van der Waals surface area contributed by atoms with Gasteiger partial charge in [0.25, 0.3) is 0 Å². The fraction of sp³-hybridized carbons (Fsp3) is 0.600. The smallest absolute Gasteiger partial charge is 0.245 e. The molecule has 3 unspecified atom stereocenters. The van der Waals surface area contributed by atoms with Crippen LogP contribution in [0.25, 0.3) is 0 Å². The molecule has 1 amide bonds. The van der Waals surface area contributed by atoms with Crippen molar-refractivity contribution in [2.75, 3.05) is 26.2 Å². The predicted octanol–water partition coefficient (Wildman–Crippen LogP) is 1.94. The summed E-state index contributed by atoms with van der Waals surface area (Å²) in [6.07, 6.45) is 4.35. The van der Waals surface area contributed by atoms with Crippen molar-refractivity contribution < 1.29 is 4.79 Å². The Kier molecular flexibility index (Phi) is 6.92. The minimum atomic E-state index is -0.433. The first-order valence-electron chi connectivity index (χ1n) is 9.88. The van der Waals surface area contributed by atoms with E-state index in [0.717, 1.165) is 30.4 Å². The number of aromatic nitrogens is 4. The molecule has 0 aliphatic carbocycles. The third-order valence-corrected chi connectivity index (χ3v) is 5.15. The topological polar surface area (TPSA) is 75.9 Å². The van der Waals surface area contributed by atoms with E-state index in [1.54, 1.807) is 0 Å². The number of hydrogen-bond acceptors (Lipinski definition) is 5. The van der Waals surface area contributed by atoms with Crippen molar-refractivity contribution in [3.05, 3.63) is 42.2 Å². The van der Waals surface area contributed by atoms with Crippen molar-refractivity contribution in [3.8, 4) is 0 Å². The summed E-state index contributed by atoms with van der Waals surface area (Å²) >= 11 is 0. The normalized spacial score (nSPS) is 21.7.